The normalized spacial score (nSPS) is 16.1. The van der Waals surface area contributed by atoms with E-state index in [4.69, 9.17) is 0 Å². The predicted octanol–water partition coefficient (Wildman–Crippen LogP) is 4.06. The van der Waals surface area contributed by atoms with Crippen LogP contribution in [0.5, 0.6) is 0 Å². The van der Waals surface area contributed by atoms with Crippen molar-refractivity contribution in [2.24, 2.45) is 0 Å². The van der Waals surface area contributed by atoms with E-state index in [2.05, 4.69) is 5.32 Å². The fraction of sp³-hybridized carbons (Fsp3) is 0.381. The largest absolute Gasteiger partial charge is 0.390 e. The van der Waals surface area contributed by atoms with Crippen LogP contribution in [0.15, 0.2) is 35.2 Å². The van der Waals surface area contributed by atoms with E-state index >= 15 is 0 Å². The van der Waals surface area contributed by atoms with Crippen LogP contribution < -0.4 is 5.32 Å². The number of sulfonamides is 1. The van der Waals surface area contributed by atoms with Crippen LogP contribution in [0.2, 0.25) is 0 Å². The lowest BCUT2D eigenvalue weighted by Crippen LogP contribution is -2.45. The second-order valence-corrected chi connectivity index (χ2v) is 9.16. The third kappa shape index (κ3) is 5.64. The molecule has 0 atom stereocenters. The molecule has 0 spiro atoms. The minimum atomic E-state index is -4.29. The molecule has 0 bridgehead atoms. The van der Waals surface area contributed by atoms with Gasteiger partial charge in [-0.1, -0.05) is 13.8 Å². The standard InChI is InChI=1S/C19H18F4N2O4S.C2H6/c1-19(27)4-6-25(7-5-19)30(28,29)16-8-11(2-3-13(16)20)18(26)24-12-9-14(21)17(23)15(22)10-12;1-2/h2-3,8-10,27H,4-7H2,1H3,(H,24,26);1-2H3. The summed E-state index contributed by atoms with van der Waals surface area (Å²) in [6.07, 6.45) is 0.325. The van der Waals surface area contributed by atoms with E-state index in [9.17, 15) is 35.9 Å². The molecule has 1 amide bonds. The van der Waals surface area contributed by atoms with Gasteiger partial charge >= 0.3 is 0 Å². The molecule has 0 radical (unpaired) electrons. The van der Waals surface area contributed by atoms with Gasteiger partial charge in [0.05, 0.1) is 5.60 Å². The van der Waals surface area contributed by atoms with Gasteiger partial charge in [0.2, 0.25) is 10.0 Å². The molecule has 1 fully saturated rings. The molecule has 1 heterocycles. The van der Waals surface area contributed by atoms with Crippen molar-refractivity contribution < 1.29 is 35.9 Å². The molecule has 1 saturated heterocycles. The molecule has 176 valence electrons. The van der Waals surface area contributed by atoms with Crippen molar-refractivity contribution in [1.29, 1.82) is 0 Å². The summed E-state index contributed by atoms with van der Waals surface area (Å²) in [5.74, 6) is -6.80. The van der Waals surface area contributed by atoms with Crippen molar-refractivity contribution in [2.45, 2.75) is 44.1 Å². The third-order valence-corrected chi connectivity index (χ3v) is 6.77. The van der Waals surface area contributed by atoms with Crippen molar-refractivity contribution >= 4 is 21.6 Å². The Hall–Kier alpha value is -2.50. The van der Waals surface area contributed by atoms with Crippen LogP contribution in [-0.4, -0.2) is 42.4 Å². The molecule has 2 aromatic carbocycles. The molecule has 11 heteroatoms. The van der Waals surface area contributed by atoms with Crippen molar-refractivity contribution in [1.82, 2.24) is 4.31 Å². The SMILES string of the molecule is CC.CC1(O)CCN(S(=O)(=O)c2cc(C(=O)Nc3cc(F)c(F)c(F)c3)ccc2F)CC1. The highest BCUT2D eigenvalue weighted by atomic mass is 32.2. The number of aliphatic hydroxyl groups is 1. The van der Waals surface area contributed by atoms with Gasteiger partial charge in [-0.3, -0.25) is 4.79 Å². The number of halogens is 4. The highest BCUT2D eigenvalue weighted by Gasteiger charge is 2.35. The van der Waals surface area contributed by atoms with Crippen molar-refractivity contribution in [3.63, 3.8) is 0 Å². The van der Waals surface area contributed by atoms with Crippen molar-refractivity contribution in [3.05, 3.63) is 59.2 Å². The van der Waals surface area contributed by atoms with Crippen LogP contribution in [0.4, 0.5) is 23.2 Å². The summed E-state index contributed by atoms with van der Waals surface area (Å²) >= 11 is 0. The molecular formula is C21H24F4N2O4S. The zero-order chi connectivity index (χ0) is 24.3. The molecule has 0 aromatic heterocycles. The van der Waals surface area contributed by atoms with E-state index in [1.54, 1.807) is 6.92 Å². The van der Waals surface area contributed by atoms with Crippen LogP contribution >= 0.6 is 0 Å². The first-order valence-corrected chi connectivity index (χ1v) is 11.3. The van der Waals surface area contributed by atoms with Crippen LogP contribution in [0.3, 0.4) is 0 Å². The Bertz CT molecular complexity index is 1070. The molecule has 32 heavy (non-hydrogen) atoms. The van der Waals surface area contributed by atoms with E-state index in [-0.39, 0.29) is 31.5 Å². The first kappa shape index (κ1) is 25.8. The number of hydrogen-bond acceptors (Lipinski definition) is 4. The molecule has 0 aliphatic carbocycles. The molecule has 2 aromatic rings. The lowest BCUT2D eigenvalue weighted by atomic mass is 9.95. The fourth-order valence-corrected chi connectivity index (χ4v) is 4.55. The molecule has 6 nitrogen and oxygen atoms in total. The molecule has 0 saturated carbocycles. The Labute approximate surface area is 183 Å². The number of piperidine rings is 1. The van der Waals surface area contributed by atoms with Gasteiger partial charge in [0, 0.05) is 36.5 Å². The van der Waals surface area contributed by atoms with Crippen molar-refractivity contribution in [3.8, 4) is 0 Å². The molecule has 1 aliphatic rings. The third-order valence-electron chi connectivity index (χ3n) is 4.85. The van der Waals surface area contributed by atoms with Crippen LogP contribution in [-0.2, 0) is 10.0 Å². The van der Waals surface area contributed by atoms with E-state index in [1.165, 1.54) is 0 Å². The Balaban J connectivity index is 0.00000176. The van der Waals surface area contributed by atoms with Gasteiger partial charge in [0.1, 0.15) is 10.7 Å². The van der Waals surface area contributed by atoms with Gasteiger partial charge in [-0.25, -0.2) is 26.0 Å². The summed E-state index contributed by atoms with van der Waals surface area (Å²) in [5.41, 5.74) is -1.71. The molecule has 0 unspecified atom stereocenters. The molecule has 2 N–H and O–H groups in total. The fourth-order valence-electron chi connectivity index (χ4n) is 3.02. The highest BCUT2D eigenvalue weighted by molar-refractivity contribution is 7.89. The Morgan fingerprint density at radius 3 is 2.06 bits per heavy atom. The Morgan fingerprint density at radius 1 is 1.00 bits per heavy atom. The monoisotopic (exact) mass is 476 g/mol. The maximum atomic E-state index is 14.3. The smallest absolute Gasteiger partial charge is 0.255 e. The van der Waals surface area contributed by atoms with E-state index in [0.29, 0.717) is 12.1 Å². The number of nitrogens with one attached hydrogen (secondary N) is 1. The van der Waals surface area contributed by atoms with Crippen LogP contribution in [0.1, 0.15) is 44.0 Å². The van der Waals surface area contributed by atoms with Crippen LogP contribution in [0.25, 0.3) is 0 Å². The van der Waals surface area contributed by atoms with Gasteiger partial charge in [-0.2, -0.15) is 4.31 Å². The number of carbonyl (C=O) groups is 1. The maximum absolute atomic E-state index is 14.3. The number of nitrogens with zero attached hydrogens (tertiary/aromatic N) is 1. The van der Waals surface area contributed by atoms with Crippen LogP contribution in [0, 0.1) is 23.3 Å². The molecule has 3 rings (SSSR count). The number of amides is 1. The van der Waals surface area contributed by atoms with Gasteiger partial charge in [-0.15, -0.1) is 0 Å². The quantitative estimate of drug-likeness (QED) is 0.515. The zero-order valence-corrected chi connectivity index (χ0v) is 18.6. The minimum Gasteiger partial charge on any atom is -0.390 e. The predicted molar refractivity (Wildman–Crippen MR) is 111 cm³/mol. The second-order valence-electron chi connectivity index (χ2n) is 7.25. The Morgan fingerprint density at radius 2 is 1.53 bits per heavy atom. The number of carbonyl (C=O) groups excluding carboxylic acids is 1. The summed E-state index contributed by atoms with van der Waals surface area (Å²) in [6, 6.07) is 3.70. The first-order chi connectivity index (χ1) is 14.9. The average molecular weight is 476 g/mol. The molecule has 1 aliphatic heterocycles. The minimum absolute atomic E-state index is 0.0284. The topological polar surface area (TPSA) is 86.7 Å². The van der Waals surface area contributed by atoms with Gasteiger partial charge < -0.3 is 10.4 Å². The van der Waals surface area contributed by atoms with E-state index in [0.717, 1.165) is 22.5 Å². The second kappa shape index (κ2) is 9.97. The van der Waals surface area contributed by atoms with Gasteiger partial charge in [0.15, 0.2) is 17.5 Å². The van der Waals surface area contributed by atoms with Gasteiger partial charge in [0.25, 0.3) is 5.91 Å². The zero-order valence-electron chi connectivity index (χ0n) is 17.8. The van der Waals surface area contributed by atoms with E-state index < -0.39 is 55.4 Å². The molecular weight excluding hydrogens is 452 g/mol. The number of anilines is 1. The number of hydrogen-bond donors (Lipinski definition) is 2. The summed E-state index contributed by atoms with van der Waals surface area (Å²) in [7, 11) is -4.29. The van der Waals surface area contributed by atoms with Crippen molar-refractivity contribution in [2.75, 3.05) is 18.4 Å². The van der Waals surface area contributed by atoms with Gasteiger partial charge in [-0.05, 0) is 38.0 Å². The first-order valence-electron chi connectivity index (χ1n) is 9.89. The maximum Gasteiger partial charge on any atom is 0.255 e. The van der Waals surface area contributed by atoms with E-state index in [1.807, 2.05) is 13.8 Å². The number of rotatable bonds is 4. The lowest BCUT2D eigenvalue weighted by Gasteiger charge is -2.35. The summed E-state index contributed by atoms with van der Waals surface area (Å²) in [4.78, 5) is 11.6. The number of benzene rings is 2. The lowest BCUT2D eigenvalue weighted by molar-refractivity contribution is 0.0125. The average Bonchev–Trinajstić information content (AvgIpc) is 2.73. The summed E-state index contributed by atoms with van der Waals surface area (Å²) in [5, 5.41) is 12.1. The summed E-state index contributed by atoms with van der Waals surface area (Å²) < 4.78 is 80.6. The highest BCUT2D eigenvalue weighted by Crippen LogP contribution is 2.28. The summed E-state index contributed by atoms with van der Waals surface area (Å²) in [6.45, 7) is 5.52. The Kier molecular flexibility index (Phi) is 8.02.